The first-order chi connectivity index (χ1) is 14.8. The molecule has 1 heterocycles. The van der Waals surface area contributed by atoms with Gasteiger partial charge in [0.1, 0.15) is 6.61 Å². The summed E-state index contributed by atoms with van der Waals surface area (Å²) in [6.45, 7) is 5.17. The van der Waals surface area contributed by atoms with E-state index in [9.17, 15) is 18.0 Å². The molecule has 9 heteroatoms. The predicted molar refractivity (Wildman–Crippen MR) is 115 cm³/mol. The lowest BCUT2D eigenvalue weighted by molar-refractivity contribution is -0.176. The van der Waals surface area contributed by atoms with Gasteiger partial charge in [-0.1, -0.05) is 24.3 Å². The summed E-state index contributed by atoms with van der Waals surface area (Å²) < 4.78 is 41.1. The maximum atomic E-state index is 12.4. The quantitative estimate of drug-likeness (QED) is 0.453. The van der Waals surface area contributed by atoms with Gasteiger partial charge < -0.3 is 20.3 Å². The van der Waals surface area contributed by atoms with Gasteiger partial charge in [-0.3, -0.25) is 4.79 Å². The van der Waals surface area contributed by atoms with Crippen LogP contribution in [0.4, 0.5) is 13.2 Å². The Morgan fingerprint density at radius 1 is 1.19 bits per heavy atom. The molecule has 1 aromatic rings. The number of piperidine rings is 1. The minimum absolute atomic E-state index is 0.0864. The normalized spacial score (nSPS) is 17.5. The molecule has 6 nitrogen and oxygen atoms in total. The van der Waals surface area contributed by atoms with Gasteiger partial charge in [0.25, 0.3) is 0 Å². The topological polar surface area (TPSA) is 66.0 Å². The molecule has 0 bridgehead atoms. The molecule has 1 amide bonds. The van der Waals surface area contributed by atoms with Crippen molar-refractivity contribution in [2.75, 3.05) is 26.2 Å². The van der Waals surface area contributed by atoms with E-state index in [4.69, 9.17) is 0 Å². The number of likely N-dealkylation sites (tertiary alicyclic amines) is 1. The third-order valence-corrected chi connectivity index (χ3v) is 5.08. The van der Waals surface area contributed by atoms with E-state index >= 15 is 0 Å². The number of hydrogen-bond acceptors (Lipinski definition) is 3. The van der Waals surface area contributed by atoms with Crippen molar-refractivity contribution in [3.63, 3.8) is 0 Å². The fraction of sp³-hybridized carbons (Fsp3) is 0.636. The molecule has 31 heavy (non-hydrogen) atoms. The summed E-state index contributed by atoms with van der Waals surface area (Å²) in [6, 6.07) is 7.42. The third-order valence-electron chi connectivity index (χ3n) is 5.08. The minimum Gasteiger partial charge on any atom is -0.367 e. The number of benzene rings is 1. The summed E-state index contributed by atoms with van der Waals surface area (Å²) in [7, 11) is 0. The second-order valence-electron chi connectivity index (χ2n) is 7.73. The predicted octanol–water partition coefficient (Wildman–Crippen LogP) is 3.61. The Kier molecular flexibility index (Phi) is 10.1. The monoisotopic (exact) mass is 442 g/mol. The lowest BCUT2D eigenvalue weighted by Crippen LogP contribution is -2.44. The first-order valence-electron chi connectivity index (χ1n) is 10.8. The summed E-state index contributed by atoms with van der Waals surface area (Å²) in [5, 5.41) is 6.35. The maximum Gasteiger partial charge on any atom is 0.411 e. The highest BCUT2D eigenvalue weighted by atomic mass is 19.4. The maximum absolute atomic E-state index is 12.4. The number of rotatable bonds is 9. The van der Waals surface area contributed by atoms with Gasteiger partial charge in [0.2, 0.25) is 5.91 Å². The molecule has 0 aliphatic carbocycles. The summed E-state index contributed by atoms with van der Waals surface area (Å²) in [5.41, 5.74) is 1.60. The van der Waals surface area contributed by atoms with Crippen molar-refractivity contribution in [1.82, 2.24) is 15.5 Å². The van der Waals surface area contributed by atoms with Gasteiger partial charge in [0, 0.05) is 32.1 Å². The van der Waals surface area contributed by atoms with Crippen molar-refractivity contribution in [3.05, 3.63) is 35.4 Å². The second-order valence-corrected chi connectivity index (χ2v) is 7.73. The molecular formula is C22H33F3N4O2. The highest BCUT2D eigenvalue weighted by molar-refractivity contribution is 5.81. The van der Waals surface area contributed by atoms with Gasteiger partial charge in [0.15, 0.2) is 5.96 Å². The molecule has 1 saturated heterocycles. The number of ether oxygens (including phenoxy) is 1. The molecule has 0 radical (unpaired) electrons. The number of nitrogens with one attached hydrogen (secondary N) is 2. The number of alkyl halides is 3. The van der Waals surface area contributed by atoms with Gasteiger partial charge in [-0.2, -0.15) is 13.2 Å². The summed E-state index contributed by atoms with van der Waals surface area (Å²) in [5.74, 6) is 0.790. The van der Waals surface area contributed by atoms with Crippen LogP contribution in [0.5, 0.6) is 0 Å². The van der Waals surface area contributed by atoms with Gasteiger partial charge in [-0.05, 0) is 44.2 Å². The van der Waals surface area contributed by atoms with E-state index in [0.717, 1.165) is 24.9 Å². The van der Waals surface area contributed by atoms with Crippen LogP contribution in [-0.4, -0.2) is 55.2 Å². The van der Waals surface area contributed by atoms with Crippen LogP contribution in [0.1, 0.15) is 50.7 Å². The number of amides is 1. The van der Waals surface area contributed by atoms with E-state index < -0.39 is 12.8 Å². The molecule has 1 unspecified atom stereocenters. The molecular weight excluding hydrogens is 409 g/mol. The van der Waals surface area contributed by atoms with Crippen LogP contribution in [0, 0.1) is 0 Å². The summed E-state index contributed by atoms with van der Waals surface area (Å²) >= 11 is 0. The van der Waals surface area contributed by atoms with Crippen molar-refractivity contribution < 1.29 is 22.7 Å². The number of aliphatic imine (C=N–C) groups is 1. The zero-order valence-corrected chi connectivity index (χ0v) is 18.3. The van der Waals surface area contributed by atoms with Crippen molar-refractivity contribution in [2.24, 2.45) is 4.99 Å². The number of carbonyl (C=O) groups is 1. The molecule has 0 aromatic heterocycles. The Morgan fingerprint density at radius 3 is 2.55 bits per heavy atom. The first-order valence-corrected chi connectivity index (χ1v) is 10.8. The zero-order valence-electron chi connectivity index (χ0n) is 18.3. The number of hydrogen-bond donors (Lipinski definition) is 2. The van der Waals surface area contributed by atoms with E-state index in [-0.39, 0.29) is 12.5 Å². The Balaban J connectivity index is 1.78. The van der Waals surface area contributed by atoms with Gasteiger partial charge in [0.05, 0.1) is 13.2 Å². The zero-order chi connectivity index (χ0) is 22.7. The van der Waals surface area contributed by atoms with Crippen molar-refractivity contribution >= 4 is 11.9 Å². The lowest BCUT2D eigenvalue weighted by Gasteiger charge is -2.33. The van der Waals surface area contributed by atoms with Gasteiger partial charge >= 0.3 is 6.18 Å². The highest BCUT2D eigenvalue weighted by Crippen LogP contribution is 2.17. The summed E-state index contributed by atoms with van der Waals surface area (Å²) in [6.07, 6.45) is -0.582. The second kappa shape index (κ2) is 12.5. The van der Waals surface area contributed by atoms with Crippen molar-refractivity contribution in [2.45, 2.75) is 64.9 Å². The highest BCUT2D eigenvalue weighted by Gasteiger charge is 2.27. The fourth-order valence-corrected chi connectivity index (χ4v) is 3.44. The number of carbonyl (C=O) groups excluding carboxylic acids is 1. The molecule has 2 rings (SSSR count). The van der Waals surface area contributed by atoms with E-state index in [1.807, 2.05) is 24.0 Å². The average Bonchev–Trinajstić information content (AvgIpc) is 2.72. The van der Waals surface area contributed by atoms with E-state index in [1.165, 1.54) is 6.42 Å². The van der Waals surface area contributed by atoms with Gasteiger partial charge in [-0.15, -0.1) is 0 Å². The smallest absolute Gasteiger partial charge is 0.367 e. The average molecular weight is 443 g/mol. The van der Waals surface area contributed by atoms with Crippen LogP contribution in [0.3, 0.4) is 0 Å². The van der Waals surface area contributed by atoms with Crippen LogP contribution in [0.2, 0.25) is 0 Å². The van der Waals surface area contributed by atoms with Crippen LogP contribution in [-0.2, 0) is 22.7 Å². The van der Waals surface area contributed by atoms with E-state index in [1.54, 1.807) is 12.1 Å². The molecule has 174 valence electrons. The molecule has 0 spiro atoms. The van der Waals surface area contributed by atoms with Crippen LogP contribution in [0.15, 0.2) is 29.3 Å². The number of guanidine groups is 1. The van der Waals surface area contributed by atoms with Gasteiger partial charge in [-0.25, -0.2) is 4.99 Å². The molecule has 1 aliphatic rings. The van der Waals surface area contributed by atoms with Crippen LogP contribution >= 0.6 is 0 Å². The molecule has 1 atom stereocenters. The Labute approximate surface area is 182 Å². The molecule has 2 N–H and O–H groups in total. The van der Waals surface area contributed by atoms with Crippen LogP contribution < -0.4 is 10.6 Å². The van der Waals surface area contributed by atoms with E-state index in [2.05, 4.69) is 27.3 Å². The van der Waals surface area contributed by atoms with Crippen molar-refractivity contribution in [1.29, 1.82) is 0 Å². The molecule has 1 aromatic carbocycles. The van der Waals surface area contributed by atoms with Crippen LogP contribution in [0.25, 0.3) is 0 Å². The molecule has 1 fully saturated rings. The fourth-order valence-electron chi connectivity index (χ4n) is 3.44. The van der Waals surface area contributed by atoms with E-state index in [0.29, 0.717) is 43.6 Å². The Hall–Kier alpha value is -2.29. The number of nitrogens with zero attached hydrogens (tertiary/aromatic N) is 2. The summed E-state index contributed by atoms with van der Waals surface area (Å²) in [4.78, 5) is 18.9. The molecule has 1 aliphatic heterocycles. The minimum atomic E-state index is -4.32. The third kappa shape index (κ3) is 9.59. The Morgan fingerprint density at radius 2 is 1.90 bits per heavy atom. The SMILES string of the molecule is CCNC(=NCc1ccc(COCC(F)(F)F)cc1)NCCC(=O)N1CCCCC1C. The van der Waals surface area contributed by atoms with Crippen molar-refractivity contribution in [3.8, 4) is 0 Å². The lowest BCUT2D eigenvalue weighted by atomic mass is 10.0. The Bertz CT molecular complexity index is 708. The standard InChI is InChI=1S/C22H33F3N4O2/c1-3-26-21(27-12-11-20(30)29-13-5-4-6-17(29)2)28-14-18-7-9-19(10-8-18)15-31-16-22(23,24)25/h7-10,17H,3-6,11-16H2,1-2H3,(H2,26,27,28). The number of halogens is 3. The molecule has 0 saturated carbocycles. The largest absolute Gasteiger partial charge is 0.411 e. The first kappa shape index (κ1) is 25.0.